The van der Waals surface area contributed by atoms with Gasteiger partial charge in [0, 0.05) is 12.0 Å². The zero-order chi connectivity index (χ0) is 21.6. The summed E-state index contributed by atoms with van der Waals surface area (Å²) in [5.41, 5.74) is 2.13. The number of nitrogens with one attached hydrogen (secondary N) is 1. The van der Waals surface area contributed by atoms with Gasteiger partial charge in [-0.15, -0.1) is 0 Å². The minimum absolute atomic E-state index is 0.0543. The van der Waals surface area contributed by atoms with Gasteiger partial charge in [0.25, 0.3) is 10.0 Å². The molecule has 6 nitrogen and oxygen atoms in total. The largest absolute Gasteiger partial charge is 0.548 e. The molecule has 0 saturated carbocycles. The molecule has 3 rings (SSSR count). The van der Waals surface area contributed by atoms with Crippen molar-refractivity contribution in [2.24, 2.45) is 4.99 Å². The maximum absolute atomic E-state index is 12.9. The first-order valence-electron chi connectivity index (χ1n) is 9.32. The molecule has 0 saturated heterocycles. The number of carbonyl (C=O) groups excluding carboxylic acids is 1. The molecule has 0 aliphatic carbocycles. The van der Waals surface area contributed by atoms with Crippen molar-refractivity contribution < 1.29 is 18.3 Å². The summed E-state index contributed by atoms with van der Waals surface area (Å²) in [5.74, 6) is -1.44. The molecule has 0 radical (unpaired) electrons. The molecular weight excluding hydrogens is 400 g/mol. The highest BCUT2D eigenvalue weighted by Crippen LogP contribution is 2.13. The first-order valence-corrected chi connectivity index (χ1v) is 10.8. The van der Waals surface area contributed by atoms with E-state index in [2.05, 4.69) is 9.71 Å². The van der Waals surface area contributed by atoms with Crippen LogP contribution in [0.4, 0.5) is 0 Å². The number of carbonyl (C=O) groups is 1. The smallest absolute Gasteiger partial charge is 0.263 e. The molecule has 0 amide bonds. The second-order valence-corrected chi connectivity index (χ2v) is 8.47. The van der Waals surface area contributed by atoms with Crippen LogP contribution in [0.2, 0.25) is 0 Å². The molecule has 30 heavy (non-hydrogen) atoms. The Balaban J connectivity index is 1.99. The summed E-state index contributed by atoms with van der Waals surface area (Å²) >= 11 is 0. The fourth-order valence-corrected chi connectivity index (χ4v) is 3.87. The van der Waals surface area contributed by atoms with Gasteiger partial charge in [-0.05, 0) is 24.6 Å². The van der Waals surface area contributed by atoms with Crippen LogP contribution in [0.3, 0.4) is 0 Å². The van der Waals surface area contributed by atoms with Gasteiger partial charge in [0.2, 0.25) is 0 Å². The van der Waals surface area contributed by atoms with Crippen molar-refractivity contribution in [3.05, 3.63) is 102 Å². The third-order valence-corrected chi connectivity index (χ3v) is 5.79. The van der Waals surface area contributed by atoms with Gasteiger partial charge in [-0.1, -0.05) is 78.4 Å². The lowest BCUT2D eigenvalue weighted by molar-refractivity contribution is -0.307. The highest BCUT2D eigenvalue weighted by atomic mass is 32.2. The summed E-state index contributed by atoms with van der Waals surface area (Å²) in [6.07, 6.45) is 0.0752. The zero-order valence-electron chi connectivity index (χ0n) is 16.4. The molecule has 0 bridgehead atoms. The predicted molar refractivity (Wildman–Crippen MR) is 113 cm³/mol. The van der Waals surface area contributed by atoms with Gasteiger partial charge < -0.3 is 9.90 Å². The number of carboxylic acids is 1. The first-order chi connectivity index (χ1) is 14.3. The molecule has 154 valence electrons. The maximum Gasteiger partial charge on any atom is 0.263 e. The number of carboxylic acid groups (broad SMARTS) is 1. The minimum atomic E-state index is -3.96. The summed E-state index contributed by atoms with van der Waals surface area (Å²) in [4.78, 5) is 16.0. The molecule has 0 spiro atoms. The van der Waals surface area contributed by atoms with Gasteiger partial charge in [-0.2, -0.15) is 0 Å². The lowest BCUT2D eigenvalue weighted by atomic mass is 10.1. The normalized spacial score (nSPS) is 12.9. The summed E-state index contributed by atoms with van der Waals surface area (Å²) < 4.78 is 28.2. The highest BCUT2D eigenvalue weighted by Gasteiger charge is 2.19. The van der Waals surface area contributed by atoms with E-state index in [0.29, 0.717) is 5.56 Å². The second kappa shape index (κ2) is 9.37. The quantitative estimate of drug-likeness (QED) is 0.466. The topological polar surface area (TPSA) is 98.7 Å². The van der Waals surface area contributed by atoms with E-state index in [4.69, 9.17) is 0 Å². The van der Waals surface area contributed by atoms with Crippen molar-refractivity contribution in [3.8, 4) is 0 Å². The number of nitrogens with zero attached hydrogens (tertiary/aromatic N) is 1. The Kier molecular flexibility index (Phi) is 6.64. The summed E-state index contributed by atoms with van der Waals surface area (Å²) in [6.45, 7) is 1.86. The average molecular weight is 421 g/mol. The number of hydrogen-bond donors (Lipinski definition) is 1. The Labute approximate surface area is 176 Å². The van der Waals surface area contributed by atoms with E-state index in [1.807, 2.05) is 13.0 Å². The van der Waals surface area contributed by atoms with E-state index in [1.54, 1.807) is 66.7 Å². The van der Waals surface area contributed by atoms with Crippen molar-refractivity contribution in [1.82, 2.24) is 4.72 Å². The van der Waals surface area contributed by atoms with Crippen molar-refractivity contribution in [3.63, 3.8) is 0 Å². The molecule has 0 unspecified atom stereocenters. The van der Waals surface area contributed by atoms with E-state index in [9.17, 15) is 18.3 Å². The predicted octanol–water partition coefficient (Wildman–Crippen LogP) is 2.08. The van der Waals surface area contributed by atoms with Crippen molar-refractivity contribution in [2.75, 3.05) is 0 Å². The number of benzene rings is 3. The van der Waals surface area contributed by atoms with E-state index in [-0.39, 0.29) is 17.2 Å². The second-order valence-electron chi connectivity index (χ2n) is 6.79. The molecule has 0 heterocycles. The van der Waals surface area contributed by atoms with Crippen LogP contribution in [0.1, 0.15) is 16.7 Å². The van der Waals surface area contributed by atoms with Crippen LogP contribution in [0.5, 0.6) is 0 Å². The van der Waals surface area contributed by atoms with Gasteiger partial charge in [-0.3, -0.25) is 9.71 Å². The Bertz CT molecular complexity index is 1130. The van der Waals surface area contributed by atoms with Gasteiger partial charge in [0.05, 0.1) is 16.9 Å². The summed E-state index contributed by atoms with van der Waals surface area (Å²) in [5, 5.41) is 11.7. The van der Waals surface area contributed by atoms with Crippen LogP contribution in [-0.2, 0) is 21.2 Å². The molecule has 1 N–H and O–H groups in total. The Morgan fingerprint density at radius 2 is 1.50 bits per heavy atom. The molecule has 7 heteroatoms. The van der Waals surface area contributed by atoms with Crippen LogP contribution < -0.4 is 9.83 Å². The van der Waals surface area contributed by atoms with Crippen LogP contribution >= 0.6 is 0 Å². The lowest BCUT2D eigenvalue weighted by Crippen LogP contribution is -2.39. The number of aryl methyl sites for hydroxylation is 1. The van der Waals surface area contributed by atoms with Crippen molar-refractivity contribution >= 4 is 21.8 Å². The first kappa shape index (κ1) is 21.3. The lowest BCUT2D eigenvalue weighted by Gasteiger charge is -2.18. The van der Waals surface area contributed by atoms with E-state index >= 15 is 0 Å². The Hall–Kier alpha value is -3.45. The number of aliphatic carboxylic acids is 1. The van der Waals surface area contributed by atoms with Gasteiger partial charge in [-0.25, -0.2) is 8.42 Å². The molecule has 3 aromatic rings. The number of aliphatic imine (C=N–C) groups is 1. The van der Waals surface area contributed by atoms with E-state index in [1.165, 1.54) is 12.1 Å². The number of amidine groups is 1. The SMILES string of the molecule is Cc1ccc(S(=O)(=O)NC(=N[C@H](Cc2ccccc2)C(=O)[O-])c2ccccc2)cc1. The Morgan fingerprint density at radius 3 is 2.07 bits per heavy atom. The maximum atomic E-state index is 12.9. The van der Waals surface area contributed by atoms with Crippen molar-refractivity contribution in [2.45, 2.75) is 24.3 Å². The van der Waals surface area contributed by atoms with E-state index < -0.39 is 22.0 Å². The minimum Gasteiger partial charge on any atom is -0.548 e. The number of hydrogen-bond acceptors (Lipinski definition) is 5. The summed E-state index contributed by atoms with van der Waals surface area (Å²) in [7, 11) is -3.96. The van der Waals surface area contributed by atoms with Gasteiger partial charge in [0.15, 0.2) is 0 Å². The van der Waals surface area contributed by atoms with Gasteiger partial charge >= 0.3 is 0 Å². The number of rotatable bonds is 7. The van der Waals surface area contributed by atoms with Crippen LogP contribution in [0.15, 0.2) is 94.8 Å². The fraction of sp³-hybridized carbons (Fsp3) is 0.130. The van der Waals surface area contributed by atoms with Crippen LogP contribution in [-0.4, -0.2) is 26.3 Å². The molecule has 1 atom stereocenters. The van der Waals surface area contributed by atoms with Crippen LogP contribution in [0.25, 0.3) is 0 Å². The third kappa shape index (κ3) is 5.55. The Morgan fingerprint density at radius 1 is 0.933 bits per heavy atom. The monoisotopic (exact) mass is 421 g/mol. The highest BCUT2D eigenvalue weighted by molar-refractivity contribution is 7.90. The molecule has 0 aromatic heterocycles. The molecule has 0 aliphatic heterocycles. The fourth-order valence-electron chi connectivity index (χ4n) is 2.83. The summed E-state index contributed by atoms with van der Waals surface area (Å²) in [6, 6.07) is 22.6. The van der Waals surface area contributed by atoms with Crippen LogP contribution in [0, 0.1) is 6.92 Å². The molecule has 0 fully saturated rings. The standard InChI is InChI=1S/C23H22N2O4S/c1-17-12-14-20(15-13-17)30(28,29)25-22(19-10-6-3-7-11-19)24-21(23(26)27)16-18-8-4-2-5-9-18/h2-15,21H,16H2,1H3,(H,24,25)(H,26,27)/p-1/t21-/m1/s1. The third-order valence-electron chi connectivity index (χ3n) is 4.44. The molecule has 0 aliphatic rings. The zero-order valence-corrected chi connectivity index (χ0v) is 17.2. The molecular formula is C23H21N2O4S-. The van der Waals surface area contributed by atoms with E-state index in [0.717, 1.165) is 11.1 Å². The van der Waals surface area contributed by atoms with Gasteiger partial charge in [0.1, 0.15) is 5.84 Å². The van der Waals surface area contributed by atoms with Crippen molar-refractivity contribution in [1.29, 1.82) is 0 Å². The number of sulfonamides is 1. The molecule has 3 aromatic carbocycles. The average Bonchev–Trinajstić information content (AvgIpc) is 2.74.